The number of rotatable bonds is 8. The molecule has 0 bridgehead atoms. The van der Waals surface area contributed by atoms with Gasteiger partial charge in [0.25, 0.3) is 10.2 Å². The van der Waals surface area contributed by atoms with E-state index in [-0.39, 0.29) is 35.5 Å². The summed E-state index contributed by atoms with van der Waals surface area (Å²) in [5.74, 6) is -0.114. The van der Waals surface area contributed by atoms with Crippen molar-refractivity contribution in [1.82, 2.24) is 0 Å². The highest BCUT2D eigenvalue weighted by molar-refractivity contribution is 7.90. The maximum Gasteiger partial charge on any atom is 0.302 e. The van der Waals surface area contributed by atoms with E-state index in [1.165, 1.54) is 13.0 Å². The zero-order valence-electron chi connectivity index (χ0n) is 15.6. The van der Waals surface area contributed by atoms with E-state index in [9.17, 15) is 18.5 Å². The fourth-order valence-corrected chi connectivity index (χ4v) is 3.20. The molecule has 0 saturated carbocycles. The van der Waals surface area contributed by atoms with E-state index in [0.29, 0.717) is 0 Å². The summed E-state index contributed by atoms with van der Waals surface area (Å²) in [5.41, 5.74) is -0.493. The molecule has 1 unspecified atom stereocenters. The average Bonchev–Trinajstić information content (AvgIpc) is 2.48. The number of esters is 1. The van der Waals surface area contributed by atoms with Gasteiger partial charge in [-0.2, -0.15) is 13.7 Å². The van der Waals surface area contributed by atoms with E-state index in [2.05, 4.69) is 4.72 Å². The predicted molar refractivity (Wildman–Crippen MR) is 97.6 cm³/mol. The smallest absolute Gasteiger partial charge is 0.302 e. The van der Waals surface area contributed by atoms with Crippen LogP contribution in [0, 0.1) is 22.7 Å². The van der Waals surface area contributed by atoms with Crippen molar-refractivity contribution in [2.45, 2.75) is 40.7 Å². The number of carbonyl (C=O) groups excluding carboxylic acids is 1. The molecule has 0 heterocycles. The monoisotopic (exact) mass is 383 g/mol. The first-order chi connectivity index (χ1) is 11.9. The molecule has 0 aliphatic heterocycles. The molecule has 1 atom stereocenters. The Kier molecular flexibility index (Phi) is 7.00. The fourth-order valence-electron chi connectivity index (χ4n) is 2.73. The van der Waals surface area contributed by atoms with Crippen LogP contribution in [0.1, 0.15) is 40.2 Å². The summed E-state index contributed by atoms with van der Waals surface area (Å²) < 4.78 is 35.7. The molecule has 0 aliphatic rings. The van der Waals surface area contributed by atoms with Gasteiger partial charge in [-0.15, -0.1) is 0 Å². The number of nitriles is 1. The summed E-state index contributed by atoms with van der Waals surface area (Å²) in [5, 5.41) is 14.3. The molecule has 1 aromatic rings. The second kappa shape index (κ2) is 8.38. The molecule has 0 radical (unpaired) electrons. The third kappa shape index (κ3) is 6.20. The lowest BCUT2D eigenvalue weighted by Crippen LogP contribution is -2.41. The van der Waals surface area contributed by atoms with Crippen LogP contribution in [0.25, 0.3) is 0 Å². The minimum absolute atomic E-state index is 0.0194. The maximum absolute atomic E-state index is 11.4. The second-order valence-electron chi connectivity index (χ2n) is 6.99. The van der Waals surface area contributed by atoms with Gasteiger partial charge >= 0.3 is 5.97 Å². The molecule has 144 valence electrons. The summed E-state index contributed by atoms with van der Waals surface area (Å²) in [7, 11) is -4.02. The Balaban J connectivity index is 3.07. The number of hydrogen-bond acceptors (Lipinski definition) is 6. The molecule has 0 aliphatic carbocycles. The van der Waals surface area contributed by atoms with Gasteiger partial charge in [0.15, 0.2) is 0 Å². The normalized spacial score (nSPS) is 13.0. The number of carbonyl (C=O) groups is 1. The van der Waals surface area contributed by atoms with Crippen molar-refractivity contribution >= 4 is 21.9 Å². The molecule has 1 rings (SSSR count). The number of nitrogens with zero attached hydrogens (tertiary/aromatic N) is 1. The van der Waals surface area contributed by atoms with Gasteiger partial charge in [-0.1, -0.05) is 33.8 Å². The van der Waals surface area contributed by atoms with Gasteiger partial charge in [0.05, 0.1) is 12.3 Å². The van der Waals surface area contributed by atoms with Crippen LogP contribution in [0.5, 0.6) is 5.75 Å². The number of nitrogens with one attached hydrogen (secondary N) is 1. The first-order valence-electron chi connectivity index (χ1n) is 8.01. The van der Waals surface area contributed by atoms with Crippen LogP contribution in [-0.4, -0.2) is 27.1 Å². The third-order valence-corrected chi connectivity index (χ3v) is 4.16. The van der Waals surface area contributed by atoms with Crippen LogP contribution in [0.4, 0.5) is 5.69 Å². The van der Waals surface area contributed by atoms with Crippen LogP contribution < -0.4 is 14.6 Å². The Morgan fingerprint density at radius 1 is 1.38 bits per heavy atom. The summed E-state index contributed by atoms with van der Waals surface area (Å²) in [6.45, 7) is 9.15. The molecule has 3 N–H and O–H groups in total. The fraction of sp³-hybridized carbons (Fsp3) is 0.529. The van der Waals surface area contributed by atoms with Gasteiger partial charge in [0.2, 0.25) is 0 Å². The molecule has 8 nitrogen and oxygen atoms in total. The SMILES string of the molecule is CC(=O)OC(C(C)C)C(C)(C)COc1cccc(NS(N)(=O)=O)c1C#N. The molecular formula is C17H25N3O5S. The van der Waals surface area contributed by atoms with Crippen molar-refractivity contribution in [3.63, 3.8) is 0 Å². The molecule has 26 heavy (non-hydrogen) atoms. The number of hydrogen-bond donors (Lipinski definition) is 2. The average molecular weight is 383 g/mol. The number of ether oxygens (including phenoxy) is 2. The number of benzene rings is 1. The van der Waals surface area contributed by atoms with Crippen LogP contribution in [0.15, 0.2) is 18.2 Å². The van der Waals surface area contributed by atoms with Gasteiger partial charge < -0.3 is 9.47 Å². The van der Waals surface area contributed by atoms with Crippen molar-refractivity contribution in [1.29, 1.82) is 5.26 Å². The third-order valence-electron chi connectivity index (χ3n) is 3.66. The van der Waals surface area contributed by atoms with Crippen molar-refractivity contribution in [3.8, 4) is 11.8 Å². The van der Waals surface area contributed by atoms with Crippen LogP contribution >= 0.6 is 0 Å². The lowest BCUT2D eigenvalue weighted by Gasteiger charge is -2.36. The van der Waals surface area contributed by atoms with Gasteiger partial charge in [0, 0.05) is 12.3 Å². The molecule has 0 saturated heterocycles. The molecule has 9 heteroatoms. The van der Waals surface area contributed by atoms with Crippen molar-refractivity contribution in [3.05, 3.63) is 23.8 Å². The molecule has 0 spiro atoms. The topological polar surface area (TPSA) is 132 Å². The van der Waals surface area contributed by atoms with Crippen LogP contribution in [-0.2, 0) is 19.7 Å². The summed E-state index contributed by atoms with van der Waals surface area (Å²) in [4.78, 5) is 11.4. The molecule has 0 amide bonds. The molecule has 0 fully saturated rings. The van der Waals surface area contributed by atoms with Gasteiger partial charge in [0.1, 0.15) is 23.5 Å². The Morgan fingerprint density at radius 2 is 2.00 bits per heavy atom. The minimum atomic E-state index is -4.02. The second-order valence-corrected chi connectivity index (χ2v) is 8.28. The van der Waals surface area contributed by atoms with Crippen LogP contribution in [0.2, 0.25) is 0 Å². The Hall–Kier alpha value is -2.31. The van der Waals surface area contributed by atoms with Gasteiger partial charge in [-0.05, 0) is 18.1 Å². The highest BCUT2D eigenvalue weighted by Crippen LogP contribution is 2.32. The summed E-state index contributed by atoms with van der Waals surface area (Å²) >= 11 is 0. The Labute approximate surface area is 154 Å². The standard InChI is InChI=1S/C17H25N3O5S/c1-11(2)16(25-12(3)21)17(4,5)10-24-15-8-6-7-14(13(15)9-18)20-26(19,22)23/h6-8,11,16,20H,10H2,1-5H3,(H2,19,22,23). The quantitative estimate of drug-likeness (QED) is 0.661. The highest BCUT2D eigenvalue weighted by Gasteiger charge is 2.35. The predicted octanol–water partition coefficient (Wildman–Crippen LogP) is 2.17. The van der Waals surface area contributed by atoms with E-state index in [1.807, 2.05) is 33.8 Å². The summed E-state index contributed by atoms with van der Waals surface area (Å²) in [6.07, 6.45) is -0.392. The highest BCUT2D eigenvalue weighted by atomic mass is 32.2. The van der Waals surface area contributed by atoms with Crippen molar-refractivity contribution < 1.29 is 22.7 Å². The van der Waals surface area contributed by atoms with E-state index < -0.39 is 21.7 Å². The first-order valence-corrected chi connectivity index (χ1v) is 9.55. The zero-order chi connectivity index (χ0) is 20.1. The maximum atomic E-state index is 11.4. The number of nitrogens with two attached hydrogens (primary N) is 1. The van der Waals surface area contributed by atoms with Crippen molar-refractivity contribution in [2.75, 3.05) is 11.3 Å². The van der Waals surface area contributed by atoms with E-state index in [4.69, 9.17) is 14.6 Å². The van der Waals surface area contributed by atoms with Crippen LogP contribution in [0.3, 0.4) is 0 Å². The Bertz CT molecular complexity index is 797. The first kappa shape index (κ1) is 21.7. The largest absolute Gasteiger partial charge is 0.491 e. The van der Waals surface area contributed by atoms with E-state index in [0.717, 1.165) is 0 Å². The number of anilines is 1. The van der Waals surface area contributed by atoms with Gasteiger partial charge in [-0.3, -0.25) is 9.52 Å². The molecule has 1 aromatic carbocycles. The molecule has 0 aromatic heterocycles. The lowest BCUT2D eigenvalue weighted by molar-refractivity contribution is -0.157. The lowest BCUT2D eigenvalue weighted by atomic mass is 9.81. The van der Waals surface area contributed by atoms with E-state index in [1.54, 1.807) is 12.1 Å². The van der Waals surface area contributed by atoms with E-state index >= 15 is 0 Å². The minimum Gasteiger partial charge on any atom is -0.491 e. The summed E-state index contributed by atoms with van der Waals surface area (Å²) in [6, 6.07) is 6.43. The van der Waals surface area contributed by atoms with Crippen molar-refractivity contribution in [2.24, 2.45) is 16.5 Å². The Morgan fingerprint density at radius 3 is 2.46 bits per heavy atom. The zero-order valence-corrected chi connectivity index (χ0v) is 16.4. The van der Waals surface area contributed by atoms with Gasteiger partial charge in [-0.25, -0.2) is 5.14 Å². The molecular weight excluding hydrogens is 358 g/mol.